The van der Waals surface area contributed by atoms with Crippen LogP contribution in [0, 0.1) is 0 Å². The standard InChI is InChI=1S/C15H25NO3/c1-13(2)18-10-6-9-16-11-14(17)12-19-15-7-4-3-5-8-15/h3-5,7-8,13-14,16-17H,6,9-12H2,1-2H3. The first kappa shape index (κ1) is 16.0. The molecule has 1 aromatic carbocycles. The van der Waals surface area contributed by atoms with Crippen LogP contribution in [0.1, 0.15) is 20.3 Å². The number of nitrogens with one attached hydrogen (secondary N) is 1. The van der Waals surface area contributed by atoms with Gasteiger partial charge in [-0.25, -0.2) is 0 Å². The fourth-order valence-corrected chi connectivity index (χ4v) is 1.55. The zero-order valence-electron chi connectivity index (χ0n) is 11.8. The third-order valence-electron chi connectivity index (χ3n) is 2.51. The van der Waals surface area contributed by atoms with Gasteiger partial charge in [0.1, 0.15) is 18.5 Å². The van der Waals surface area contributed by atoms with Gasteiger partial charge < -0.3 is 19.9 Å². The highest BCUT2D eigenvalue weighted by Crippen LogP contribution is 2.08. The van der Waals surface area contributed by atoms with E-state index in [9.17, 15) is 5.11 Å². The van der Waals surface area contributed by atoms with E-state index in [1.54, 1.807) is 0 Å². The number of hydrogen-bond acceptors (Lipinski definition) is 4. The topological polar surface area (TPSA) is 50.7 Å². The van der Waals surface area contributed by atoms with Gasteiger partial charge in [-0.1, -0.05) is 18.2 Å². The number of hydrogen-bond donors (Lipinski definition) is 2. The highest BCUT2D eigenvalue weighted by Gasteiger charge is 2.04. The van der Waals surface area contributed by atoms with E-state index < -0.39 is 6.10 Å². The van der Waals surface area contributed by atoms with E-state index in [0.717, 1.165) is 25.3 Å². The molecule has 0 spiro atoms. The maximum absolute atomic E-state index is 9.74. The summed E-state index contributed by atoms with van der Waals surface area (Å²) in [6.07, 6.45) is 0.737. The third kappa shape index (κ3) is 8.59. The first-order valence-corrected chi connectivity index (χ1v) is 6.86. The second-order valence-corrected chi connectivity index (χ2v) is 4.76. The van der Waals surface area contributed by atoms with Gasteiger partial charge in [-0.2, -0.15) is 0 Å². The molecule has 0 aliphatic heterocycles. The van der Waals surface area contributed by atoms with Crippen LogP contribution in [0.4, 0.5) is 0 Å². The molecule has 0 heterocycles. The van der Waals surface area contributed by atoms with Crippen LogP contribution in [-0.2, 0) is 4.74 Å². The number of ether oxygens (including phenoxy) is 2. The Morgan fingerprint density at radius 3 is 2.63 bits per heavy atom. The molecule has 0 saturated heterocycles. The number of rotatable bonds is 10. The molecule has 1 rings (SSSR count). The third-order valence-corrected chi connectivity index (χ3v) is 2.51. The quantitative estimate of drug-likeness (QED) is 0.635. The Bertz CT molecular complexity index is 316. The fraction of sp³-hybridized carbons (Fsp3) is 0.600. The molecule has 108 valence electrons. The van der Waals surface area contributed by atoms with Gasteiger partial charge in [0, 0.05) is 13.2 Å². The predicted octanol–water partition coefficient (Wildman–Crippen LogP) is 1.83. The summed E-state index contributed by atoms with van der Waals surface area (Å²) in [6, 6.07) is 9.51. The highest BCUT2D eigenvalue weighted by atomic mass is 16.5. The first-order chi connectivity index (χ1) is 9.18. The van der Waals surface area contributed by atoms with Crippen LogP contribution in [-0.4, -0.2) is 43.6 Å². The molecule has 4 nitrogen and oxygen atoms in total. The normalized spacial score (nSPS) is 12.6. The van der Waals surface area contributed by atoms with Gasteiger partial charge in [-0.05, 0) is 38.9 Å². The maximum atomic E-state index is 9.74. The fourth-order valence-electron chi connectivity index (χ4n) is 1.55. The Kier molecular flexibility index (Phi) is 8.21. The zero-order chi connectivity index (χ0) is 13.9. The Morgan fingerprint density at radius 2 is 1.95 bits per heavy atom. The van der Waals surface area contributed by atoms with Crippen molar-refractivity contribution in [2.24, 2.45) is 0 Å². The summed E-state index contributed by atoms with van der Waals surface area (Å²) in [5, 5.41) is 12.9. The van der Waals surface area contributed by atoms with Gasteiger partial charge in [0.25, 0.3) is 0 Å². The monoisotopic (exact) mass is 267 g/mol. The first-order valence-electron chi connectivity index (χ1n) is 6.86. The van der Waals surface area contributed by atoms with Crippen molar-refractivity contribution in [3.63, 3.8) is 0 Å². The predicted molar refractivity (Wildman–Crippen MR) is 76.5 cm³/mol. The van der Waals surface area contributed by atoms with Crippen LogP contribution in [0.3, 0.4) is 0 Å². The molecule has 0 fully saturated rings. The number of para-hydroxylation sites is 1. The van der Waals surface area contributed by atoms with Crippen LogP contribution in [0.5, 0.6) is 5.75 Å². The van der Waals surface area contributed by atoms with Gasteiger partial charge >= 0.3 is 0 Å². The van der Waals surface area contributed by atoms with Crippen molar-refractivity contribution in [2.75, 3.05) is 26.3 Å². The summed E-state index contributed by atoms with van der Waals surface area (Å²) in [6.45, 7) is 6.49. The van der Waals surface area contributed by atoms with Crippen LogP contribution >= 0.6 is 0 Å². The molecule has 0 bridgehead atoms. The summed E-state index contributed by atoms with van der Waals surface area (Å²) >= 11 is 0. The molecule has 0 aliphatic carbocycles. The van der Waals surface area contributed by atoms with Crippen molar-refractivity contribution < 1.29 is 14.6 Å². The smallest absolute Gasteiger partial charge is 0.119 e. The minimum atomic E-state index is -0.494. The molecule has 1 unspecified atom stereocenters. The molecule has 0 saturated carbocycles. The second-order valence-electron chi connectivity index (χ2n) is 4.76. The lowest BCUT2D eigenvalue weighted by atomic mass is 10.3. The Balaban J connectivity index is 1.98. The van der Waals surface area contributed by atoms with Gasteiger partial charge in [0.15, 0.2) is 0 Å². The number of benzene rings is 1. The summed E-state index contributed by atoms with van der Waals surface area (Å²) in [5.74, 6) is 0.784. The summed E-state index contributed by atoms with van der Waals surface area (Å²) in [7, 11) is 0. The molecule has 19 heavy (non-hydrogen) atoms. The number of aliphatic hydroxyl groups is 1. The maximum Gasteiger partial charge on any atom is 0.119 e. The molecule has 2 N–H and O–H groups in total. The van der Waals surface area contributed by atoms with E-state index >= 15 is 0 Å². The Labute approximate surface area is 115 Å². The lowest BCUT2D eigenvalue weighted by Crippen LogP contribution is -2.32. The molecule has 0 amide bonds. The molecule has 4 heteroatoms. The van der Waals surface area contributed by atoms with Crippen LogP contribution < -0.4 is 10.1 Å². The minimum absolute atomic E-state index is 0.282. The Morgan fingerprint density at radius 1 is 1.21 bits per heavy atom. The average molecular weight is 267 g/mol. The van der Waals surface area contributed by atoms with Crippen molar-refractivity contribution in [2.45, 2.75) is 32.5 Å². The second kappa shape index (κ2) is 9.78. The van der Waals surface area contributed by atoms with Crippen molar-refractivity contribution >= 4 is 0 Å². The SMILES string of the molecule is CC(C)OCCCNCC(O)COc1ccccc1. The van der Waals surface area contributed by atoms with Gasteiger partial charge in [-0.15, -0.1) is 0 Å². The molecular weight excluding hydrogens is 242 g/mol. The lowest BCUT2D eigenvalue weighted by Gasteiger charge is -2.13. The molecule has 0 radical (unpaired) electrons. The summed E-state index contributed by atoms with van der Waals surface area (Å²) in [5.41, 5.74) is 0. The molecule has 1 aromatic rings. The van der Waals surface area contributed by atoms with Crippen LogP contribution in [0.2, 0.25) is 0 Å². The van der Waals surface area contributed by atoms with E-state index in [-0.39, 0.29) is 6.10 Å². The van der Waals surface area contributed by atoms with Crippen molar-refractivity contribution in [1.29, 1.82) is 0 Å². The van der Waals surface area contributed by atoms with Crippen molar-refractivity contribution in [1.82, 2.24) is 5.32 Å². The van der Waals surface area contributed by atoms with Gasteiger partial charge in [-0.3, -0.25) is 0 Å². The van der Waals surface area contributed by atoms with Gasteiger partial charge in [0.05, 0.1) is 6.10 Å². The van der Waals surface area contributed by atoms with Crippen molar-refractivity contribution in [3.05, 3.63) is 30.3 Å². The molecule has 0 aliphatic rings. The molecule has 1 atom stereocenters. The van der Waals surface area contributed by atoms with Gasteiger partial charge in [0.2, 0.25) is 0 Å². The number of aliphatic hydroxyl groups excluding tert-OH is 1. The average Bonchev–Trinajstić information content (AvgIpc) is 2.41. The van der Waals surface area contributed by atoms with Crippen molar-refractivity contribution in [3.8, 4) is 5.75 Å². The van der Waals surface area contributed by atoms with Crippen LogP contribution in [0.15, 0.2) is 30.3 Å². The summed E-state index contributed by atoms with van der Waals surface area (Å²) < 4.78 is 10.9. The summed E-state index contributed by atoms with van der Waals surface area (Å²) in [4.78, 5) is 0. The van der Waals surface area contributed by atoms with E-state index in [0.29, 0.717) is 13.2 Å². The lowest BCUT2D eigenvalue weighted by molar-refractivity contribution is 0.0749. The minimum Gasteiger partial charge on any atom is -0.491 e. The highest BCUT2D eigenvalue weighted by molar-refractivity contribution is 5.20. The van der Waals surface area contributed by atoms with E-state index in [1.807, 2.05) is 44.2 Å². The largest absolute Gasteiger partial charge is 0.491 e. The van der Waals surface area contributed by atoms with E-state index in [1.165, 1.54) is 0 Å². The van der Waals surface area contributed by atoms with E-state index in [2.05, 4.69) is 5.32 Å². The molecular formula is C15H25NO3. The van der Waals surface area contributed by atoms with Crippen LogP contribution in [0.25, 0.3) is 0 Å². The zero-order valence-corrected chi connectivity index (χ0v) is 11.8. The Hall–Kier alpha value is -1.10. The molecule has 0 aromatic heterocycles. The van der Waals surface area contributed by atoms with E-state index in [4.69, 9.17) is 9.47 Å².